The minimum atomic E-state index is -0.988. The summed E-state index contributed by atoms with van der Waals surface area (Å²) in [7, 11) is 3.61. The lowest BCUT2D eigenvalue weighted by Crippen LogP contribution is -2.51. The number of rotatable bonds is 3. The van der Waals surface area contributed by atoms with Crippen molar-refractivity contribution >= 4 is 5.91 Å². The summed E-state index contributed by atoms with van der Waals surface area (Å²) in [5, 5.41) is 3.23. The summed E-state index contributed by atoms with van der Waals surface area (Å²) >= 11 is 0. The van der Waals surface area contributed by atoms with E-state index in [9.17, 15) is 13.6 Å². The maximum atomic E-state index is 13.2. The quantitative estimate of drug-likeness (QED) is 0.924. The number of carbonyl (C=O) groups is 1. The highest BCUT2D eigenvalue weighted by atomic mass is 19.2. The van der Waals surface area contributed by atoms with Gasteiger partial charge in [-0.3, -0.25) is 4.79 Å². The number of carbonyl (C=O) groups excluding carboxylic acids is 1. The van der Waals surface area contributed by atoms with Crippen LogP contribution in [-0.2, 0) is 0 Å². The zero-order chi connectivity index (χ0) is 14.7. The topological polar surface area (TPSA) is 32.3 Å². The average molecular weight is 282 g/mol. The fraction of sp³-hybridized carbons (Fsp3) is 0.533. The Hall–Kier alpha value is -1.49. The summed E-state index contributed by atoms with van der Waals surface area (Å²) in [6, 6.07) is 3.63. The molecule has 2 atom stereocenters. The molecule has 0 bridgehead atoms. The highest BCUT2D eigenvalue weighted by Gasteiger charge is 2.30. The molecule has 1 saturated carbocycles. The van der Waals surface area contributed by atoms with Gasteiger partial charge in [0.25, 0.3) is 5.91 Å². The van der Waals surface area contributed by atoms with Crippen molar-refractivity contribution in [1.82, 2.24) is 10.2 Å². The normalized spacial score (nSPS) is 22.6. The molecule has 1 aromatic rings. The number of benzene rings is 1. The molecule has 1 aliphatic rings. The van der Waals surface area contributed by atoms with Crippen molar-refractivity contribution in [3.05, 3.63) is 35.4 Å². The van der Waals surface area contributed by atoms with E-state index < -0.39 is 11.6 Å². The molecule has 1 aromatic carbocycles. The monoisotopic (exact) mass is 282 g/mol. The van der Waals surface area contributed by atoms with Crippen LogP contribution in [0.2, 0.25) is 0 Å². The molecule has 0 heterocycles. The Morgan fingerprint density at radius 1 is 1.25 bits per heavy atom. The van der Waals surface area contributed by atoms with Gasteiger partial charge in [-0.15, -0.1) is 0 Å². The summed E-state index contributed by atoms with van der Waals surface area (Å²) < 4.78 is 26.2. The largest absolute Gasteiger partial charge is 0.337 e. The zero-order valence-corrected chi connectivity index (χ0v) is 11.8. The minimum absolute atomic E-state index is 0.0920. The molecule has 20 heavy (non-hydrogen) atoms. The Labute approximate surface area is 118 Å². The second-order valence-electron chi connectivity index (χ2n) is 5.29. The maximum Gasteiger partial charge on any atom is 0.254 e. The molecule has 2 rings (SSSR count). The van der Waals surface area contributed by atoms with Crippen LogP contribution in [0, 0.1) is 11.6 Å². The van der Waals surface area contributed by atoms with E-state index in [1.807, 2.05) is 7.05 Å². The van der Waals surface area contributed by atoms with Crippen molar-refractivity contribution < 1.29 is 13.6 Å². The van der Waals surface area contributed by atoms with Crippen LogP contribution in [0.25, 0.3) is 0 Å². The predicted molar refractivity (Wildman–Crippen MR) is 73.6 cm³/mol. The SMILES string of the molecule is CN[C@@H]1CCCC[C@H]1N(C)C(=O)c1ccc(F)c(F)c1. The number of likely N-dealkylation sites (N-methyl/N-ethyl adjacent to an activating group) is 2. The van der Waals surface area contributed by atoms with Crippen LogP contribution in [0.3, 0.4) is 0 Å². The Bertz CT molecular complexity index is 493. The maximum absolute atomic E-state index is 13.2. The first-order valence-electron chi connectivity index (χ1n) is 6.94. The summed E-state index contributed by atoms with van der Waals surface area (Å²) in [5.74, 6) is -2.19. The van der Waals surface area contributed by atoms with Crippen LogP contribution in [0.4, 0.5) is 8.78 Å². The molecule has 1 aliphatic carbocycles. The van der Waals surface area contributed by atoms with Gasteiger partial charge in [0.05, 0.1) is 0 Å². The lowest BCUT2D eigenvalue weighted by atomic mass is 9.89. The van der Waals surface area contributed by atoms with Gasteiger partial charge in [-0.05, 0) is 38.1 Å². The lowest BCUT2D eigenvalue weighted by molar-refractivity contribution is 0.0654. The third-order valence-corrected chi connectivity index (χ3v) is 4.08. The summed E-state index contributed by atoms with van der Waals surface area (Å²) in [6.07, 6.45) is 4.18. The van der Waals surface area contributed by atoms with Gasteiger partial charge in [-0.2, -0.15) is 0 Å². The number of hydrogen-bond donors (Lipinski definition) is 1. The van der Waals surface area contributed by atoms with Gasteiger partial charge in [0.1, 0.15) is 0 Å². The van der Waals surface area contributed by atoms with Crippen LogP contribution in [0.5, 0.6) is 0 Å². The van der Waals surface area contributed by atoms with Gasteiger partial charge in [-0.25, -0.2) is 8.78 Å². The van der Waals surface area contributed by atoms with E-state index in [4.69, 9.17) is 0 Å². The van der Waals surface area contributed by atoms with Gasteiger partial charge in [0.2, 0.25) is 0 Å². The molecule has 1 amide bonds. The van der Waals surface area contributed by atoms with Crippen LogP contribution in [0.15, 0.2) is 18.2 Å². The van der Waals surface area contributed by atoms with Crippen molar-refractivity contribution in [2.75, 3.05) is 14.1 Å². The average Bonchev–Trinajstić information content (AvgIpc) is 2.48. The molecule has 0 saturated heterocycles. The van der Waals surface area contributed by atoms with Crippen molar-refractivity contribution in [1.29, 1.82) is 0 Å². The molecular weight excluding hydrogens is 262 g/mol. The first kappa shape index (κ1) is 14.9. The molecule has 0 spiro atoms. The third kappa shape index (κ3) is 2.98. The molecule has 1 N–H and O–H groups in total. The van der Waals surface area contributed by atoms with Crippen LogP contribution < -0.4 is 5.32 Å². The predicted octanol–water partition coefficient (Wildman–Crippen LogP) is 2.57. The van der Waals surface area contributed by atoms with E-state index in [1.54, 1.807) is 11.9 Å². The van der Waals surface area contributed by atoms with E-state index in [-0.39, 0.29) is 23.6 Å². The van der Waals surface area contributed by atoms with E-state index >= 15 is 0 Å². The van der Waals surface area contributed by atoms with Crippen LogP contribution in [0.1, 0.15) is 36.0 Å². The second-order valence-corrected chi connectivity index (χ2v) is 5.29. The molecule has 5 heteroatoms. The number of halogens is 2. The lowest BCUT2D eigenvalue weighted by Gasteiger charge is -2.38. The van der Waals surface area contributed by atoms with Gasteiger partial charge in [0.15, 0.2) is 11.6 Å². The summed E-state index contributed by atoms with van der Waals surface area (Å²) in [6.45, 7) is 0. The Morgan fingerprint density at radius 3 is 2.60 bits per heavy atom. The first-order valence-corrected chi connectivity index (χ1v) is 6.94. The van der Waals surface area contributed by atoms with Crippen molar-refractivity contribution in [3.63, 3.8) is 0 Å². The molecule has 0 aliphatic heterocycles. The third-order valence-electron chi connectivity index (χ3n) is 4.08. The molecule has 110 valence electrons. The van der Waals surface area contributed by atoms with Crippen LogP contribution in [-0.4, -0.2) is 37.0 Å². The number of nitrogens with one attached hydrogen (secondary N) is 1. The van der Waals surface area contributed by atoms with Gasteiger partial charge < -0.3 is 10.2 Å². The van der Waals surface area contributed by atoms with E-state index in [0.717, 1.165) is 37.8 Å². The van der Waals surface area contributed by atoms with Gasteiger partial charge in [0, 0.05) is 24.7 Å². The minimum Gasteiger partial charge on any atom is -0.337 e. The summed E-state index contributed by atoms with van der Waals surface area (Å²) in [4.78, 5) is 14.0. The molecule has 1 fully saturated rings. The van der Waals surface area contributed by atoms with E-state index in [0.29, 0.717) is 0 Å². The number of amides is 1. The summed E-state index contributed by atoms with van der Waals surface area (Å²) in [5.41, 5.74) is 0.187. The standard InChI is InChI=1S/C15H20F2N2O/c1-18-13-5-3-4-6-14(13)19(2)15(20)10-7-8-11(16)12(17)9-10/h7-9,13-14,18H,3-6H2,1-2H3/t13-,14-/m1/s1. The van der Waals surface area contributed by atoms with Crippen LogP contribution >= 0.6 is 0 Å². The number of nitrogens with zero attached hydrogens (tertiary/aromatic N) is 1. The molecule has 0 aromatic heterocycles. The second kappa shape index (κ2) is 6.31. The van der Waals surface area contributed by atoms with Crippen molar-refractivity contribution in [2.24, 2.45) is 0 Å². The highest BCUT2D eigenvalue weighted by Crippen LogP contribution is 2.23. The molecular formula is C15H20F2N2O. The Balaban J connectivity index is 2.16. The van der Waals surface area contributed by atoms with E-state index in [1.165, 1.54) is 6.07 Å². The zero-order valence-electron chi connectivity index (χ0n) is 11.8. The smallest absolute Gasteiger partial charge is 0.254 e. The number of hydrogen-bond acceptors (Lipinski definition) is 2. The molecule has 0 unspecified atom stereocenters. The van der Waals surface area contributed by atoms with Crippen molar-refractivity contribution in [2.45, 2.75) is 37.8 Å². The first-order chi connectivity index (χ1) is 9.54. The highest BCUT2D eigenvalue weighted by molar-refractivity contribution is 5.94. The Morgan fingerprint density at radius 2 is 1.95 bits per heavy atom. The molecule has 0 radical (unpaired) electrons. The van der Waals surface area contributed by atoms with Gasteiger partial charge >= 0.3 is 0 Å². The Kier molecular flexibility index (Phi) is 4.70. The van der Waals surface area contributed by atoms with E-state index in [2.05, 4.69) is 5.32 Å². The van der Waals surface area contributed by atoms with Crippen molar-refractivity contribution in [3.8, 4) is 0 Å². The molecule has 3 nitrogen and oxygen atoms in total. The fourth-order valence-corrected chi connectivity index (χ4v) is 2.89. The van der Waals surface area contributed by atoms with Gasteiger partial charge in [-0.1, -0.05) is 12.8 Å². The fourth-order valence-electron chi connectivity index (χ4n) is 2.89.